The lowest BCUT2D eigenvalue weighted by atomic mass is 9.90. The maximum Gasteiger partial charge on any atom is 0.0869 e. The van der Waals surface area contributed by atoms with Crippen LogP contribution in [0.4, 0.5) is 11.4 Å². The van der Waals surface area contributed by atoms with E-state index in [9.17, 15) is 0 Å². The summed E-state index contributed by atoms with van der Waals surface area (Å²) in [4.78, 5) is 5.27. The second-order valence-electron chi connectivity index (χ2n) is 10.0. The Kier molecular flexibility index (Phi) is 7.51. The van der Waals surface area contributed by atoms with Crippen LogP contribution >= 0.6 is 0 Å². The topological polar surface area (TPSA) is 24.4 Å². The highest BCUT2D eigenvalue weighted by molar-refractivity contribution is 6.14. The van der Waals surface area contributed by atoms with Gasteiger partial charge in [0.25, 0.3) is 0 Å². The standard InChI is InChI=1S/C36H34N2/c1-25-19-21-31(27(3)23-25)36(32-22-20-26(2)24-28(32)4)38-34-18-12-11-17-33(34)37-35(29-13-7-5-8-14-29)30-15-9-6-10-16-30/h5-24,36,38H,1-4H3. The van der Waals surface area contributed by atoms with Gasteiger partial charge in [0.05, 0.1) is 23.1 Å². The van der Waals surface area contributed by atoms with Crippen molar-refractivity contribution in [3.63, 3.8) is 0 Å². The third kappa shape index (κ3) is 5.60. The van der Waals surface area contributed by atoms with Gasteiger partial charge in [0.1, 0.15) is 0 Å². The molecular formula is C36H34N2. The molecule has 0 aliphatic rings. The molecule has 0 bridgehead atoms. The highest BCUT2D eigenvalue weighted by Gasteiger charge is 2.20. The van der Waals surface area contributed by atoms with Gasteiger partial charge in [0, 0.05) is 11.1 Å². The van der Waals surface area contributed by atoms with E-state index in [4.69, 9.17) is 4.99 Å². The smallest absolute Gasteiger partial charge is 0.0869 e. The minimum absolute atomic E-state index is 0.00977. The Labute approximate surface area is 226 Å². The number of rotatable bonds is 7. The Balaban J connectivity index is 1.64. The van der Waals surface area contributed by atoms with E-state index in [1.807, 2.05) is 12.1 Å². The summed E-state index contributed by atoms with van der Waals surface area (Å²) in [5.41, 5.74) is 12.7. The first-order valence-corrected chi connectivity index (χ1v) is 13.2. The van der Waals surface area contributed by atoms with Crippen molar-refractivity contribution in [3.05, 3.63) is 166 Å². The Morgan fingerprint density at radius 3 is 1.53 bits per heavy atom. The number of para-hydroxylation sites is 2. The summed E-state index contributed by atoms with van der Waals surface area (Å²) in [5, 5.41) is 3.90. The van der Waals surface area contributed by atoms with Crippen molar-refractivity contribution in [1.29, 1.82) is 0 Å². The summed E-state index contributed by atoms with van der Waals surface area (Å²) in [5.74, 6) is 0. The van der Waals surface area contributed by atoms with Gasteiger partial charge in [-0.2, -0.15) is 0 Å². The molecule has 1 N–H and O–H groups in total. The number of hydrogen-bond donors (Lipinski definition) is 1. The SMILES string of the molecule is Cc1ccc(C(Nc2ccccc2N=C(c2ccccc2)c2ccccc2)c2ccc(C)cc2C)c(C)c1. The van der Waals surface area contributed by atoms with E-state index in [-0.39, 0.29) is 6.04 Å². The van der Waals surface area contributed by atoms with Crippen molar-refractivity contribution in [3.8, 4) is 0 Å². The summed E-state index contributed by atoms with van der Waals surface area (Å²) in [6.07, 6.45) is 0. The number of anilines is 1. The molecule has 0 saturated carbocycles. The van der Waals surface area contributed by atoms with Crippen molar-refractivity contribution < 1.29 is 0 Å². The van der Waals surface area contributed by atoms with Crippen LogP contribution in [-0.2, 0) is 0 Å². The van der Waals surface area contributed by atoms with Crippen LogP contribution in [0.1, 0.15) is 50.5 Å². The van der Waals surface area contributed by atoms with E-state index >= 15 is 0 Å². The summed E-state index contributed by atoms with van der Waals surface area (Å²) >= 11 is 0. The van der Waals surface area contributed by atoms with Crippen LogP contribution in [0.25, 0.3) is 0 Å². The van der Waals surface area contributed by atoms with Crippen molar-refractivity contribution >= 4 is 17.1 Å². The summed E-state index contributed by atoms with van der Waals surface area (Å²) in [6.45, 7) is 8.70. The van der Waals surface area contributed by atoms with Gasteiger partial charge < -0.3 is 5.32 Å². The Morgan fingerprint density at radius 2 is 1.03 bits per heavy atom. The molecule has 0 unspecified atom stereocenters. The minimum atomic E-state index is -0.00977. The van der Waals surface area contributed by atoms with E-state index in [1.165, 1.54) is 33.4 Å². The lowest BCUT2D eigenvalue weighted by molar-refractivity contribution is 0.912. The molecule has 0 amide bonds. The van der Waals surface area contributed by atoms with Gasteiger partial charge in [-0.3, -0.25) is 0 Å². The quantitative estimate of drug-likeness (QED) is 0.224. The predicted octanol–water partition coefficient (Wildman–Crippen LogP) is 9.29. The number of nitrogens with zero attached hydrogens (tertiary/aromatic N) is 1. The van der Waals surface area contributed by atoms with Gasteiger partial charge >= 0.3 is 0 Å². The number of aryl methyl sites for hydroxylation is 4. The average molecular weight is 495 g/mol. The first-order chi connectivity index (χ1) is 18.5. The molecule has 188 valence electrons. The zero-order valence-electron chi connectivity index (χ0n) is 22.6. The molecule has 0 spiro atoms. The molecule has 0 saturated heterocycles. The predicted molar refractivity (Wildman–Crippen MR) is 162 cm³/mol. The van der Waals surface area contributed by atoms with E-state index < -0.39 is 0 Å². The molecular weight excluding hydrogens is 460 g/mol. The van der Waals surface area contributed by atoms with Crippen molar-refractivity contribution in [1.82, 2.24) is 0 Å². The molecule has 5 rings (SSSR count). The molecule has 5 aromatic carbocycles. The fourth-order valence-electron chi connectivity index (χ4n) is 5.08. The van der Waals surface area contributed by atoms with Crippen LogP contribution in [0.3, 0.4) is 0 Å². The molecule has 0 aliphatic heterocycles. The largest absolute Gasteiger partial charge is 0.372 e. The zero-order valence-corrected chi connectivity index (χ0v) is 22.6. The van der Waals surface area contributed by atoms with Crippen molar-refractivity contribution in [2.45, 2.75) is 33.7 Å². The van der Waals surface area contributed by atoms with Gasteiger partial charge in [-0.1, -0.05) is 120 Å². The Hall–Kier alpha value is -4.43. The van der Waals surface area contributed by atoms with Gasteiger partial charge in [-0.25, -0.2) is 4.99 Å². The molecule has 0 atom stereocenters. The average Bonchev–Trinajstić information content (AvgIpc) is 2.93. The van der Waals surface area contributed by atoms with Crippen LogP contribution in [0, 0.1) is 27.7 Å². The second kappa shape index (κ2) is 11.3. The maximum absolute atomic E-state index is 5.27. The lowest BCUT2D eigenvalue weighted by Crippen LogP contribution is -2.15. The van der Waals surface area contributed by atoms with Crippen molar-refractivity contribution in [2.24, 2.45) is 4.99 Å². The number of benzene rings is 5. The minimum Gasteiger partial charge on any atom is -0.372 e. The Morgan fingerprint density at radius 1 is 0.553 bits per heavy atom. The van der Waals surface area contributed by atoms with Gasteiger partial charge in [0.2, 0.25) is 0 Å². The second-order valence-corrected chi connectivity index (χ2v) is 10.0. The monoisotopic (exact) mass is 494 g/mol. The number of nitrogens with one attached hydrogen (secondary N) is 1. The number of aliphatic imine (C=N–C) groups is 1. The Bertz CT molecular complexity index is 1470. The maximum atomic E-state index is 5.27. The van der Waals surface area contributed by atoms with E-state index in [2.05, 4.69) is 142 Å². The number of hydrogen-bond acceptors (Lipinski definition) is 2. The highest BCUT2D eigenvalue weighted by atomic mass is 15.0. The van der Waals surface area contributed by atoms with E-state index in [0.29, 0.717) is 0 Å². The lowest BCUT2D eigenvalue weighted by Gasteiger charge is -2.26. The van der Waals surface area contributed by atoms with Crippen LogP contribution in [0.2, 0.25) is 0 Å². The van der Waals surface area contributed by atoms with Gasteiger partial charge in [-0.15, -0.1) is 0 Å². The van der Waals surface area contributed by atoms with Gasteiger partial charge in [0.15, 0.2) is 0 Å². The first-order valence-electron chi connectivity index (χ1n) is 13.2. The fraction of sp³-hybridized carbons (Fsp3) is 0.139. The molecule has 0 aliphatic carbocycles. The molecule has 5 aromatic rings. The zero-order chi connectivity index (χ0) is 26.5. The molecule has 0 heterocycles. The fourth-order valence-corrected chi connectivity index (χ4v) is 5.08. The van der Waals surface area contributed by atoms with Gasteiger partial charge in [-0.05, 0) is 62.1 Å². The first kappa shape index (κ1) is 25.2. The molecule has 0 radical (unpaired) electrons. The van der Waals surface area contributed by atoms with Crippen LogP contribution < -0.4 is 5.32 Å². The third-order valence-corrected chi connectivity index (χ3v) is 7.00. The van der Waals surface area contributed by atoms with E-state index in [1.54, 1.807) is 0 Å². The highest BCUT2D eigenvalue weighted by Crippen LogP contribution is 2.35. The van der Waals surface area contributed by atoms with Crippen LogP contribution in [-0.4, -0.2) is 5.71 Å². The molecule has 2 nitrogen and oxygen atoms in total. The molecule has 38 heavy (non-hydrogen) atoms. The van der Waals surface area contributed by atoms with Crippen LogP contribution in [0.15, 0.2) is 126 Å². The summed E-state index contributed by atoms with van der Waals surface area (Å²) < 4.78 is 0. The van der Waals surface area contributed by atoms with Crippen molar-refractivity contribution in [2.75, 3.05) is 5.32 Å². The van der Waals surface area contributed by atoms with Crippen LogP contribution in [0.5, 0.6) is 0 Å². The molecule has 2 heteroatoms. The van der Waals surface area contributed by atoms with E-state index in [0.717, 1.165) is 28.2 Å². The normalized spacial score (nSPS) is 10.9. The molecule has 0 aromatic heterocycles. The molecule has 0 fully saturated rings. The summed E-state index contributed by atoms with van der Waals surface area (Å²) in [6, 6.07) is 42.6. The third-order valence-electron chi connectivity index (χ3n) is 7.00. The summed E-state index contributed by atoms with van der Waals surface area (Å²) in [7, 11) is 0.